The third kappa shape index (κ3) is 2.60. The molecule has 0 radical (unpaired) electrons. The largest absolute Gasteiger partial charge is 0.234 e. The maximum Gasteiger partial charge on any atom is 0.234 e. The Kier molecular flexibility index (Phi) is 3.55. The lowest BCUT2D eigenvalue weighted by molar-refractivity contribution is 0.611. The van der Waals surface area contributed by atoms with E-state index in [1.165, 1.54) is 17.4 Å². The van der Waals surface area contributed by atoms with Gasteiger partial charge < -0.3 is 0 Å². The third-order valence-electron chi connectivity index (χ3n) is 3.47. The Bertz CT molecular complexity index is 995. The summed E-state index contributed by atoms with van der Waals surface area (Å²) < 4.78 is 15.5. The van der Waals surface area contributed by atoms with Crippen LogP contribution in [0.25, 0.3) is 15.5 Å². The molecule has 0 aliphatic rings. The highest BCUT2D eigenvalue weighted by molar-refractivity contribution is 7.19. The van der Waals surface area contributed by atoms with E-state index in [-0.39, 0.29) is 5.82 Å². The van der Waals surface area contributed by atoms with Crippen molar-refractivity contribution in [1.82, 2.24) is 19.8 Å². The first kappa shape index (κ1) is 14.3. The normalized spacial score (nSPS) is 11.2. The summed E-state index contributed by atoms with van der Waals surface area (Å²) in [5, 5.41) is 14.2. The van der Waals surface area contributed by atoms with Gasteiger partial charge in [-0.2, -0.15) is 9.61 Å². The average Bonchev–Trinajstić information content (AvgIpc) is 3.12. The van der Waals surface area contributed by atoms with Crippen molar-refractivity contribution >= 4 is 27.9 Å². The standard InChI is InChI=1S/C16H10ClFN4S/c17-12-7-3-2-6-11(12)15-21-22-14(19-20-16(22)23-15)9-10-5-1-4-8-13(10)18/h1-8H,9H2. The lowest BCUT2D eigenvalue weighted by Gasteiger charge is -2.00. The molecule has 4 nitrogen and oxygen atoms in total. The minimum absolute atomic E-state index is 0.259. The molecule has 2 aromatic heterocycles. The number of aromatic nitrogens is 4. The summed E-state index contributed by atoms with van der Waals surface area (Å²) in [5.74, 6) is 0.338. The fraction of sp³-hybridized carbons (Fsp3) is 0.0625. The van der Waals surface area contributed by atoms with Crippen molar-refractivity contribution < 1.29 is 4.39 Å². The molecule has 0 aliphatic carbocycles. The highest BCUT2D eigenvalue weighted by atomic mass is 35.5. The van der Waals surface area contributed by atoms with E-state index in [1.54, 1.807) is 22.7 Å². The summed E-state index contributed by atoms with van der Waals surface area (Å²) in [6.07, 6.45) is 0.333. The molecule has 0 amide bonds. The molecule has 0 spiro atoms. The quantitative estimate of drug-likeness (QED) is 0.558. The molecule has 2 aromatic carbocycles. The number of nitrogens with zero attached hydrogens (tertiary/aromatic N) is 4. The van der Waals surface area contributed by atoms with Crippen LogP contribution in [0.1, 0.15) is 11.4 Å². The zero-order valence-corrected chi connectivity index (χ0v) is 13.4. The lowest BCUT2D eigenvalue weighted by Crippen LogP contribution is -1.99. The molecule has 0 fully saturated rings. The monoisotopic (exact) mass is 344 g/mol. The number of hydrogen-bond donors (Lipinski definition) is 0. The molecule has 0 aliphatic heterocycles. The van der Waals surface area contributed by atoms with Crippen LogP contribution >= 0.6 is 22.9 Å². The fourth-order valence-corrected chi connectivity index (χ4v) is 3.50. The minimum Gasteiger partial charge on any atom is -0.207 e. The molecular formula is C16H10ClFN4S. The van der Waals surface area contributed by atoms with Crippen molar-refractivity contribution in [2.75, 3.05) is 0 Å². The minimum atomic E-state index is -0.259. The Hall–Kier alpha value is -2.31. The van der Waals surface area contributed by atoms with Gasteiger partial charge in [0.1, 0.15) is 10.8 Å². The van der Waals surface area contributed by atoms with Crippen molar-refractivity contribution in [1.29, 1.82) is 0 Å². The highest BCUT2D eigenvalue weighted by Crippen LogP contribution is 2.31. The molecule has 0 saturated carbocycles. The number of halogens is 2. The first-order chi connectivity index (χ1) is 11.2. The molecule has 7 heteroatoms. The molecule has 0 bridgehead atoms. The SMILES string of the molecule is Fc1ccccc1Cc1nnc2sc(-c3ccccc3Cl)nn12. The smallest absolute Gasteiger partial charge is 0.207 e. The Balaban J connectivity index is 1.76. The van der Waals surface area contributed by atoms with E-state index in [0.29, 0.717) is 27.8 Å². The average molecular weight is 345 g/mol. The van der Waals surface area contributed by atoms with Crippen molar-refractivity contribution in [3.63, 3.8) is 0 Å². The van der Waals surface area contributed by atoms with Crippen LogP contribution in [-0.2, 0) is 6.42 Å². The second-order valence-electron chi connectivity index (χ2n) is 4.97. The van der Waals surface area contributed by atoms with E-state index < -0.39 is 0 Å². The first-order valence-electron chi connectivity index (χ1n) is 6.92. The highest BCUT2D eigenvalue weighted by Gasteiger charge is 2.15. The van der Waals surface area contributed by atoms with Gasteiger partial charge in [0.2, 0.25) is 4.96 Å². The number of benzene rings is 2. The molecule has 0 saturated heterocycles. The van der Waals surface area contributed by atoms with E-state index in [0.717, 1.165) is 10.6 Å². The predicted molar refractivity (Wildman–Crippen MR) is 88.3 cm³/mol. The number of rotatable bonds is 3. The van der Waals surface area contributed by atoms with Gasteiger partial charge in [0.25, 0.3) is 0 Å². The van der Waals surface area contributed by atoms with Gasteiger partial charge in [-0.15, -0.1) is 10.2 Å². The van der Waals surface area contributed by atoms with Crippen LogP contribution in [0.5, 0.6) is 0 Å². The van der Waals surface area contributed by atoms with Crippen LogP contribution in [0.4, 0.5) is 4.39 Å². The van der Waals surface area contributed by atoms with Crippen LogP contribution in [0.15, 0.2) is 48.5 Å². The Morgan fingerprint density at radius 1 is 1.04 bits per heavy atom. The van der Waals surface area contributed by atoms with E-state index in [9.17, 15) is 4.39 Å². The molecule has 4 rings (SSSR count). The fourth-order valence-electron chi connectivity index (χ4n) is 2.32. The van der Waals surface area contributed by atoms with E-state index in [2.05, 4.69) is 15.3 Å². The van der Waals surface area contributed by atoms with E-state index in [4.69, 9.17) is 11.6 Å². The molecule has 0 unspecified atom stereocenters. The molecule has 4 aromatic rings. The zero-order chi connectivity index (χ0) is 15.8. The topological polar surface area (TPSA) is 43.1 Å². The van der Waals surface area contributed by atoms with Gasteiger partial charge in [0, 0.05) is 12.0 Å². The summed E-state index contributed by atoms with van der Waals surface area (Å²) in [7, 11) is 0. The van der Waals surface area contributed by atoms with Crippen LogP contribution in [0.2, 0.25) is 5.02 Å². The summed E-state index contributed by atoms with van der Waals surface area (Å²) >= 11 is 7.62. The summed E-state index contributed by atoms with van der Waals surface area (Å²) in [5.41, 5.74) is 1.41. The summed E-state index contributed by atoms with van der Waals surface area (Å²) in [4.78, 5) is 0.659. The second kappa shape index (κ2) is 5.72. The van der Waals surface area contributed by atoms with Gasteiger partial charge in [0.05, 0.1) is 5.02 Å². The Labute approximate surface area is 140 Å². The summed E-state index contributed by atoms with van der Waals surface area (Å²) in [6.45, 7) is 0. The van der Waals surface area contributed by atoms with Crippen molar-refractivity contribution in [3.8, 4) is 10.6 Å². The maximum atomic E-state index is 13.8. The Morgan fingerprint density at radius 3 is 2.65 bits per heavy atom. The number of fused-ring (bicyclic) bond motifs is 1. The summed E-state index contributed by atoms with van der Waals surface area (Å²) in [6, 6.07) is 14.1. The predicted octanol–water partition coefficient (Wildman–Crippen LogP) is 4.24. The van der Waals surface area contributed by atoms with Crippen molar-refractivity contribution in [2.24, 2.45) is 0 Å². The third-order valence-corrected chi connectivity index (χ3v) is 4.73. The molecule has 23 heavy (non-hydrogen) atoms. The van der Waals surface area contributed by atoms with E-state index in [1.807, 2.05) is 24.3 Å². The molecule has 114 valence electrons. The van der Waals surface area contributed by atoms with Gasteiger partial charge in [0.15, 0.2) is 5.82 Å². The van der Waals surface area contributed by atoms with Crippen LogP contribution in [0.3, 0.4) is 0 Å². The van der Waals surface area contributed by atoms with Crippen LogP contribution < -0.4 is 0 Å². The maximum absolute atomic E-state index is 13.8. The van der Waals surface area contributed by atoms with Gasteiger partial charge in [-0.25, -0.2) is 4.39 Å². The first-order valence-corrected chi connectivity index (χ1v) is 8.11. The van der Waals surface area contributed by atoms with Crippen LogP contribution in [0, 0.1) is 5.82 Å². The Morgan fingerprint density at radius 2 is 1.83 bits per heavy atom. The molecular weight excluding hydrogens is 335 g/mol. The molecule has 0 N–H and O–H groups in total. The number of hydrogen-bond acceptors (Lipinski definition) is 4. The molecule has 0 atom stereocenters. The second-order valence-corrected chi connectivity index (χ2v) is 6.33. The van der Waals surface area contributed by atoms with Gasteiger partial charge in [-0.1, -0.05) is 59.3 Å². The van der Waals surface area contributed by atoms with Gasteiger partial charge in [-0.3, -0.25) is 0 Å². The van der Waals surface area contributed by atoms with Crippen molar-refractivity contribution in [2.45, 2.75) is 6.42 Å². The van der Waals surface area contributed by atoms with Gasteiger partial charge >= 0.3 is 0 Å². The van der Waals surface area contributed by atoms with Gasteiger partial charge in [-0.05, 0) is 17.7 Å². The molecule has 2 heterocycles. The van der Waals surface area contributed by atoms with E-state index >= 15 is 0 Å². The van der Waals surface area contributed by atoms with Crippen LogP contribution in [-0.4, -0.2) is 19.8 Å². The van der Waals surface area contributed by atoms with Crippen molar-refractivity contribution in [3.05, 3.63) is 70.8 Å². The lowest BCUT2D eigenvalue weighted by atomic mass is 10.1. The zero-order valence-electron chi connectivity index (χ0n) is 11.8.